The van der Waals surface area contributed by atoms with Crippen molar-refractivity contribution in [3.8, 4) is 18.1 Å². The third-order valence-electron chi connectivity index (χ3n) is 3.65. The number of nitrogens with zero attached hydrogens (tertiary/aromatic N) is 1. The van der Waals surface area contributed by atoms with Gasteiger partial charge in [0.25, 0.3) is 11.5 Å². The number of benzene rings is 1. The van der Waals surface area contributed by atoms with Gasteiger partial charge in [0, 0.05) is 12.4 Å². The molecule has 116 valence electrons. The maximum Gasteiger partial charge on any atom is 0.265 e. The Morgan fingerprint density at radius 2 is 2.17 bits per heavy atom. The Balaban J connectivity index is 2.40. The van der Waals surface area contributed by atoms with Crippen molar-refractivity contribution < 1.29 is 9.53 Å². The summed E-state index contributed by atoms with van der Waals surface area (Å²) in [5, 5.41) is 3.94. The predicted octanol–water partition coefficient (Wildman–Crippen LogP) is 2.12. The molecule has 0 fully saturated rings. The number of rotatable bonds is 3. The first-order valence-electron chi connectivity index (χ1n) is 6.90. The lowest BCUT2D eigenvalue weighted by Crippen LogP contribution is -2.23. The summed E-state index contributed by atoms with van der Waals surface area (Å²) in [4.78, 5) is 25.4. The normalized spacial score (nSPS) is 10.7. The van der Waals surface area contributed by atoms with Gasteiger partial charge in [0.15, 0.2) is 5.75 Å². The van der Waals surface area contributed by atoms with Crippen molar-refractivity contribution in [2.45, 2.75) is 0 Å². The highest BCUT2D eigenvalue weighted by molar-refractivity contribution is 7.22. The fourth-order valence-electron chi connectivity index (χ4n) is 2.59. The van der Waals surface area contributed by atoms with E-state index in [2.05, 4.69) is 11.2 Å². The maximum absolute atomic E-state index is 12.7. The molecule has 1 N–H and O–H groups in total. The number of carbonyl (C=O) groups excluding carboxylic acids is 1. The zero-order valence-electron chi connectivity index (χ0n) is 12.7. The van der Waals surface area contributed by atoms with E-state index >= 15 is 0 Å². The minimum absolute atomic E-state index is 0.120. The average molecular weight is 326 g/mol. The minimum atomic E-state index is -0.341. The highest BCUT2D eigenvalue weighted by Crippen LogP contribution is 2.39. The number of amides is 1. The van der Waals surface area contributed by atoms with Crippen LogP contribution < -0.4 is 15.6 Å². The van der Waals surface area contributed by atoms with Crippen molar-refractivity contribution in [2.75, 3.05) is 13.7 Å². The number of hydrogen-bond donors (Lipinski definition) is 1. The molecule has 23 heavy (non-hydrogen) atoms. The summed E-state index contributed by atoms with van der Waals surface area (Å²) in [6, 6.07) is 7.58. The number of ether oxygens (including phenoxy) is 1. The molecule has 0 bridgehead atoms. The zero-order valence-corrected chi connectivity index (χ0v) is 13.5. The fraction of sp³-hybridized carbons (Fsp3) is 0.176. The van der Waals surface area contributed by atoms with Crippen LogP contribution in [0.3, 0.4) is 0 Å². The van der Waals surface area contributed by atoms with Crippen LogP contribution in [0, 0.1) is 12.3 Å². The molecule has 3 rings (SSSR count). The van der Waals surface area contributed by atoms with Gasteiger partial charge in [-0.1, -0.05) is 24.1 Å². The zero-order chi connectivity index (χ0) is 16.6. The molecule has 0 aliphatic rings. The monoisotopic (exact) mass is 326 g/mol. The molecule has 0 atom stereocenters. The van der Waals surface area contributed by atoms with Crippen LogP contribution in [-0.2, 0) is 7.05 Å². The Labute approximate surface area is 136 Å². The molecule has 0 unspecified atom stereocenters. The topological polar surface area (TPSA) is 60.3 Å². The van der Waals surface area contributed by atoms with Crippen LogP contribution in [-0.4, -0.2) is 24.1 Å². The second-order valence-electron chi connectivity index (χ2n) is 4.94. The second kappa shape index (κ2) is 5.78. The summed E-state index contributed by atoms with van der Waals surface area (Å²) in [6.07, 6.45) is 5.17. The first-order valence-corrected chi connectivity index (χ1v) is 7.71. The quantitative estimate of drug-likeness (QED) is 0.750. The van der Waals surface area contributed by atoms with Crippen molar-refractivity contribution in [3.05, 3.63) is 39.5 Å². The van der Waals surface area contributed by atoms with Crippen molar-refractivity contribution >= 4 is 38.2 Å². The number of carbonyl (C=O) groups is 1. The average Bonchev–Trinajstić information content (AvgIpc) is 2.97. The first kappa shape index (κ1) is 15.1. The molecule has 0 aliphatic heterocycles. The number of aryl methyl sites for hydroxylation is 1. The molecular formula is C17H14N2O3S. The fourth-order valence-corrected chi connectivity index (χ4v) is 3.80. The smallest absolute Gasteiger partial charge is 0.265 e. The highest BCUT2D eigenvalue weighted by Gasteiger charge is 2.23. The van der Waals surface area contributed by atoms with E-state index in [1.807, 2.05) is 24.3 Å². The Bertz CT molecular complexity index is 1020. The van der Waals surface area contributed by atoms with Gasteiger partial charge in [-0.15, -0.1) is 17.8 Å². The van der Waals surface area contributed by atoms with Gasteiger partial charge in [-0.05, 0) is 6.07 Å². The van der Waals surface area contributed by atoms with Crippen LogP contribution in [0.2, 0.25) is 0 Å². The van der Waals surface area contributed by atoms with E-state index in [0.29, 0.717) is 16.0 Å². The Hall–Kier alpha value is -2.78. The molecule has 5 nitrogen and oxygen atoms in total. The van der Waals surface area contributed by atoms with E-state index in [4.69, 9.17) is 11.2 Å². The van der Waals surface area contributed by atoms with Crippen molar-refractivity contribution in [3.63, 3.8) is 0 Å². The van der Waals surface area contributed by atoms with E-state index < -0.39 is 0 Å². The minimum Gasteiger partial charge on any atom is -0.494 e. The van der Waals surface area contributed by atoms with Crippen LogP contribution in [0.1, 0.15) is 9.67 Å². The van der Waals surface area contributed by atoms with Crippen molar-refractivity contribution in [2.24, 2.45) is 7.05 Å². The number of aromatic nitrogens is 1. The molecule has 6 heteroatoms. The molecule has 0 radical (unpaired) electrons. The predicted molar refractivity (Wildman–Crippen MR) is 92.3 cm³/mol. The summed E-state index contributed by atoms with van der Waals surface area (Å²) in [6.45, 7) is 0.120. The lowest BCUT2D eigenvalue weighted by molar-refractivity contribution is 0.0960. The molecule has 1 amide bonds. The molecule has 0 aliphatic carbocycles. The summed E-state index contributed by atoms with van der Waals surface area (Å²) in [7, 11) is 3.16. The molecule has 1 aromatic carbocycles. The number of thiophene rings is 1. The van der Waals surface area contributed by atoms with Crippen LogP contribution in [0.15, 0.2) is 29.1 Å². The van der Waals surface area contributed by atoms with Gasteiger partial charge < -0.3 is 14.6 Å². The van der Waals surface area contributed by atoms with E-state index in [0.717, 1.165) is 15.6 Å². The molecule has 2 heterocycles. The van der Waals surface area contributed by atoms with Gasteiger partial charge in [-0.25, -0.2) is 0 Å². The summed E-state index contributed by atoms with van der Waals surface area (Å²) < 4.78 is 7.68. The van der Waals surface area contributed by atoms with Gasteiger partial charge in [0.05, 0.1) is 23.9 Å². The Morgan fingerprint density at radius 3 is 2.87 bits per heavy atom. The standard InChI is InChI=1S/C17H14N2O3S/c1-4-9-18-16(20)15-13(22-3)12-14(23-15)10-7-5-6-8-11(10)19(2)17(12)21/h1,5-8H,9H2,2-3H3,(H,18,20). The van der Waals surface area contributed by atoms with Gasteiger partial charge in [-0.2, -0.15) is 0 Å². The lowest BCUT2D eigenvalue weighted by atomic mass is 10.1. The second-order valence-corrected chi connectivity index (χ2v) is 5.96. The van der Waals surface area contributed by atoms with Crippen LogP contribution in [0.25, 0.3) is 21.0 Å². The maximum atomic E-state index is 12.7. The number of hydrogen-bond acceptors (Lipinski definition) is 4. The summed E-state index contributed by atoms with van der Waals surface area (Å²) in [5.74, 6) is 2.31. The molecule has 2 aromatic heterocycles. The number of nitrogens with one attached hydrogen (secondary N) is 1. The van der Waals surface area contributed by atoms with Gasteiger partial charge >= 0.3 is 0 Å². The highest BCUT2D eigenvalue weighted by atomic mass is 32.1. The SMILES string of the molecule is C#CCNC(=O)c1sc2c(c1OC)c(=O)n(C)c1ccccc21. The van der Waals surface area contributed by atoms with E-state index in [1.165, 1.54) is 18.4 Å². The third kappa shape index (κ3) is 2.26. The molecule has 0 saturated carbocycles. The van der Waals surface area contributed by atoms with E-state index in [9.17, 15) is 9.59 Å². The molecule has 3 aromatic rings. The largest absolute Gasteiger partial charge is 0.494 e. The Kier molecular flexibility index (Phi) is 3.80. The number of methoxy groups -OCH3 is 1. The van der Waals surface area contributed by atoms with Crippen LogP contribution in [0.4, 0.5) is 0 Å². The Morgan fingerprint density at radius 1 is 1.43 bits per heavy atom. The van der Waals surface area contributed by atoms with Crippen LogP contribution in [0.5, 0.6) is 5.75 Å². The van der Waals surface area contributed by atoms with E-state index in [-0.39, 0.29) is 18.0 Å². The van der Waals surface area contributed by atoms with Crippen LogP contribution >= 0.6 is 11.3 Å². The van der Waals surface area contributed by atoms with Gasteiger partial charge in [-0.3, -0.25) is 9.59 Å². The van der Waals surface area contributed by atoms with Gasteiger partial charge in [0.1, 0.15) is 10.3 Å². The molecule has 0 spiro atoms. The summed E-state index contributed by atoms with van der Waals surface area (Å²) in [5.41, 5.74) is 0.618. The first-order chi connectivity index (χ1) is 11.1. The van der Waals surface area contributed by atoms with Gasteiger partial charge in [0.2, 0.25) is 0 Å². The lowest BCUT2D eigenvalue weighted by Gasteiger charge is -2.06. The van der Waals surface area contributed by atoms with E-state index in [1.54, 1.807) is 11.6 Å². The summed E-state index contributed by atoms with van der Waals surface area (Å²) >= 11 is 1.24. The molecule has 0 saturated heterocycles. The van der Waals surface area contributed by atoms with Crippen molar-refractivity contribution in [1.29, 1.82) is 0 Å². The van der Waals surface area contributed by atoms with Crippen molar-refractivity contribution in [1.82, 2.24) is 9.88 Å². The third-order valence-corrected chi connectivity index (χ3v) is 4.86. The number of para-hydroxylation sites is 1. The molecular weight excluding hydrogens is 312 g/mol. The number of terminal acetylenes is 1. The number of fused-ring (bicyclic) bond motifs is 3. The number of pyridine rings is 1.